The molecule has 2 fully saturated rings. The molecule has 1 heteroatoms. The van der Waals surface area contributed by atoms with E-state index in [1.54, 1.807) is 0 Å². The van der Waals surface area contributed by atoms with Gasteiger partial charge in [-0.05, 0) is 18.8 Å². The fourth-order valence-electron chi connectivity index (χ4n) is 2.13. The summed E-state index contributed by atoms with van der Waals surface area (Å²) in [5, 5.41) is 0. The second-order valence-electron chi connectivity index (χ2n) is 3.32. The predicted molar refractivity (Wildman–Crippen MR) is 35.1 cm³/mol. The molecule has 0 aliphatic heterocycles. The minimum absolute atomic E-state index is 0.513. The van der Waals surface area contributed by atoms with Crippen molar-refractivity contribution in [2.45, 2.75) is 32.1 Å². The summed E-state index contributed by atoms with van der Waals surface area (Å²) in [5.41, 5.74) is 0. The first-order valence-electron chi connectivity index (χ1n) is 3.90. The lowest BCUT2D eigenvalue weighted by atomic mass is 9.65. The quantitative estimate of drug-likeness (QED) is 0.481. The van der Waals surface area contributed by atoms with Crippen molar-refractivity contribution in [2.24, 2.45) is 11.8 Å². The molecule has 0 aromatic carbocycles. The third-order valence-corrected chi connectivity index (χ3v) is 2.79. The van der Waals surface area contributed by atoms with Crippen LogP contribution in [-0.4, -0.2) is 5.78 Å². The van der Waals surface area contributed by atoms with Crippen molar-refractivity contribution in [1.82, 2.24) is 0 Å². The van der Waals surface area contributed by atoms with E-state index in [4.69, 9.17) is 0 Å². The van der Waals surface area contributed by atoms with Crippen LogP contribution in [0.2, 0.25) is 0 Å². The lowest BCUT2D eigenvalue weighted by Crippen LogP contribution is -2.39. The Morgan fingerprint density at radius 1 is 1.22 bits per heavy atom. The van der Waals surface area contributed by atoms with Crippen molar-refractivity contribution in [3.63, 3.8) is 0 Å². The number of fused-ring (bicyclic) bond motifs is 1. The minimum Gasteiger partial charge on any atom is -0.299 e. The summed E-state index contributed by atoms with van der Waals surface area (Å²) in [7, 11) is 0. The largest absolute Gasteiger partial charge is 0.299 e. The van der Waals surface area contributed by atoms with Gasteiger partial charge in [0.1, 0.15) is 5.78 Å². The number of Topliss-reactive ketones (excluding diaryl/α,β-unsaturated/α-hetero) is 1. The Labute approximate surface area is 55.4 Å². The van der Waals surface area contributed by atoms with Gasteiger partial charge in [-0.1, -0.05) is 12.8 Å². The smallest absolute Gasteiger partial charge is 0.136 e. The first kappa shape index (κ1) is 5.45. The first-order chi connectivity index (χ1) is 4.38. The second-order valence-corrected chi connectivity index (χ2v) is 3.32. The molecule has 2 atom stereocenters. The van der Waals surface area contributed by atoms with Gasteiger partial charge in [-0.3, -0.25) is 4.79 Å². The Bertz CT molecular complexity index is 140. The van der Waals surface area contributed by atoms with Crippen LogP contribution in [0.1, 0.15) is 32.1 Å². The summed E-state index contributed by atoms with van der Waals surface area (Å²) in [6, 6.07) is 0. The van der Waals surface area contributed by atoms with E-state index in [9.17, 15) is 4.79 Å². The molecule has 0 radical (unpaired) electrons. The Morgan fingerprint density at radius 2 is 2.00 bits per heavy atom. The number of carbonyl (C=O) groups is 1. The van der Waals surface area contributed by atoms with Gasteiger partial charge < -0.3 is 0 Å². The molecule has 1 nitrogen and oxygen atoms in total. The highest BCUT2D eigenvalue weighted by atomic mass is 16.1. The first-order valence-corrected chi connectivity index (χ1v) is 3.90. The molecular formula is C8H12O. The molecular weight excluding hydrogens is 112 g/mol. The van der Waals surface area contributed by atoms with E-state index in [1.165, 1.54) is 25.7 Å². The van der Waals surface area contributed by atoms with Gasteiger partial charge in [0.15, 0.2) is 0 Å². The molecule has 0 saturated heterocycles. The van der Waals surface area contributed by atoms with E-state index >= 15 is 0 Å². The molecule has 50 valence electrons. The van der Waals surface area contributed by atoms with Crippen LogP contribution < -0.4 is 0 Å². The number of hydrogen-bond donors (Lipinski definition) is 0. The van der Waals surface area contributed by atoms with Crippen LogP contribution in [0.4, 0.5) is 0 Å². The zero-order valence-corrected chi connectivity index (χ0v) is 5.60. The van der Waals surface area contributed by atoms with Gasteiger partial charge in [0.25, 0.3) is 0 Å². The molecule has 2 aliphatic carbocycles. The van der Waals surface area contributed by atoms with Crippen LogP contribution in [0.3, 0.4) is 0 Å². The zero-order valence-electron chi connectivity index (χ0n) is 5.60. The fourth-order valence-corrected chi connectivity index (χ4v) is 2.13. The molecule has 2 rings (SSSR count). The molecule has 0 spiro atoms. The minimum atomic E-state index is 0.513. The molecule has 0 N–H and O–H groups in total. The van der Waals surface area contributed by atoms with Crippen LogP contribution in [-0.2, 0) is 4.79 Å². The second kappa shape index (κ2) is 1.83. The number of carbonyl (C=O) groups excluding carboxylic acids is 1. The highest BCUT2D eigenvalue weighted by molar-refractivity contribution is 5.87. The molecule has 0 aromatic rings. The van der Waals surface area contributed by atoms with Crippen molar-refractivity contribution in [3.05, 3.63) is 0 Å². The van der Waals surface area contributed by atoms with Crippen LogP contribution in [0.25, 0.3) is 0 Å². The van der Waals surface area contributed by atoms with Crippen molar-refractivity contribution in [2.75, 3.05) is 0 Å². The summed E-state index contributed by atoms with van der Waals surface area (Å²) in [6.45, 7) is 0. The lowest BCUT2D eigenvalue weighted by Gasteiger charge is -2.38. The topological polar surface area (TPSA) is 17.1 Å². The lowest BCUT2D eigenvalue weighted by molar-refractivity contribution is -0.136. The summed E-state index contributed by atoms with van der Waals surface area (Å²) in [4.78, 5) is 10.9. The molecule has 0 bridgehead atoms. The molecule has 0 amide bonds. The van der Waals surface area contributed by atoms with E-state index in [0.29, 0.717) is 11.7 Å². The standard InChI is InChI=1S/C8H12O/c9-8-5-6-3-1-2-4-7(6)8/h6-7H,1-5H2/t6?,7-/m1/s1. The maximum atomic E-state index is 10.9. The van der Waals surface area contributed by atoms with E-state index < -0.39 is 0 Å². The van der Waals surface area contributed by atoms with Crippen LogP contribution >= 0.6 is 0 Å². The highest BCUT2D eigenvalue weighted by Gasteiger charge is 2.40. The molecule has 0 heterocycles. The molecule has 9 heavy (non-hydrogen) atoms. The van der Waals surface area contributed by atoms with E-state index in [-0.39, 0.29) is 0 Å². The van der Waals surface area contributed by atoms with Crippen LogP contribution in [0.5, 0.6) is 0 Å². The predicted octanol–water partition coefficient (Wildman–Crippen LogP) is 1.77. The molecule has 2 saturated carbocycles. The summed E-state index contributed by atoms with van der Waals surface area (Å²) in [5.74, 6) is 1.87. The number of rotatable bonds is 0. The molecule has 0 aromatic heterocycles. The van der Waals surface area contributed by atoms with Crippen molar-refractivity contribution < 1.29 is 4.79 Å². The summed E-state index contributed by atoms with van der Waals surface area (Å²) in [6.07, 6.45) is 6.10. The van der Waals surface area contributed by atoms with Gasteiger partial charge in [0.2, 0.25) is 0 Å². The van der Waals surface area contributed by atoms with Crippen molar-refractivity contribution >= 4 is 5.78 Å². The van der Waals surface area contributed by atoms with Gasteiger partial charge in [-0.25, -0.2) is 0 Å². The number of ketones is 1. The normalized spacial score (nSPS) is 41.6. The van der Waals surface area contributed by atoms with Crippen LogP contribution in [0.15, 0.2) is 0 Å². The zero-order chi connectivity index (χ0) is 6.27. The summed E-state index contributed by atoms with van der Waals surface area (Å²) >= 11 is 0. The van der Waals surface area contributed by atoms with Crippen LogP contribution in [0, 0.1) is 11.8 Å². The summed E-state index contributed by atoms with van der Waals surface area (Å²) < 4.78 is 0. The molecule has 2 aliphatic rings. The fraction of sp³-hybridized carbons (Fsp3) is 0.875. The van der Waals surface area contributed by atoms with Gasteiger partial charge in [-0.2, -0.15) is 0 Å². The SMILES string of the molecule is O=C1CC2CCCC[C@@H]12. The third-order valence-electron chi connectivity index (χ3n) is 2.79. The van der Waals surface area contributed by atoms with Gasteiger partial charge in [0, 0.05) is 12.3 Å². The third kappa shape index (κ3) is 0.707. The van der Waals surface area contributed by atoms with Gasteiger partial charge >= 0.3 is 0 Å². The monoisotopic (exact) mass is 124 g/mol. The Morgan fingerprint density at radius 3 is 2.56 bits per heavy atom. The Balaban J connectivity index is 2.01. The van der Waals surface area contributed by atoms with E-state index in [1.807, 2.05) is 0 Å². The average Bonchev–Trinajstić information content (AvgIpc) is 1.86. The van der Waals surface area contributed by atoms with Gasteiger partial charge in [0.05, 0.1) is 0 Å². The van der Waals surface area contributed by atoms with Crippen molar-refractivity contribution in [1.29, 1.82) is 0 Å². The Hall–Kier alpha value is -0.330. The van der Waals surface area contributed by atoms with Crippen molar-refractivity contribution in [3.8, 4) is 0 Å². The van der Waals surface area contributed by atoms with E-state index in [2.05, 4.69) is 0 Å². The van der Waals surface area contributed by atoms with E-state index in [0.717, 1.165) is 12.3 Å². The average molecular weight is 124 g/mol. The van der Waals surface area contributed by atoms with Gasteiger partial charge in [-0.15, -0.1) is 0 Å². The maximum Gasteiger partial charge on any atom is 0.136 e. The number of hydrogen-bond acceptors (Lipinski definition) is 1. The molecule has 1 unspecified atom stereocenters. The Kier molecular flexibility index (Phi) is 1.11. The highest BCUT2D eigenvalue weighted by Crippen LogP contribution is 2.41. The maximum absolute atomic E-state index is 10.9.